The van der Waals surface area contributed by atoms with Gasteiger partial charge in [-0.3, -0.25) is 4.98 Å². The van der Waals surface area contributed by atoms with Crippen LogP contribution in [0.2, 0.25) is 0 Å². The number of benzene rings is 1. The van der Waals surface area contributed by atoms with E-state index in [-0.39, 0.29) is 6.10 Å². The molecular formula is C17H21N3O. The molecule has 2 heterocycles. The van der Waals surface area contributed by atoms with E-state index in [0.29, 0.717) is 0 Å². The maximum Gasteiger partial charge on any atom is 0.142 e. The van der Waals surface area contributed by atoms with Crippen LogP contribution < -0.4 is 10.1 Å². The molecule has 0 saturated heterocycles. The van der Waals surface area contributed by atoms with Crippen molar-refractivity contribution in [3.63, 3.8) is 0 Å². The second-order valence-electron chi connectivity index (χ2n) is 5.48. The van der Waals surface area contributed by atoms with E-state index in [0.717, 1.165) is 37.5 Å². The van der Waals surface area contributed by atoms with Gasteiger partial charge in [0.1, 0.15) is 11.9 Å². The first kappa shape index (κ1) is 13.9. The molecule has 1 N–H and O–H groups in total. The maximum absolute atomic E-state index is 6.04. The third kappa shape index (κ3) is 3.73. The number of aromatic nitrogens is 1. The van der Waals surface area contributed by atoms with Crippen LogP contribution in [-0.4, -0.2) is 42.7 Å². The Morgan fingerprint density at radius 2 is 2.05 bits per heavy atom. The molecule has 3 rings (SSSR count). The summed E-state index contributed by atoms with van der Waals surface area (Å²) >= 11 is 0. The van der Waals surface area contributed by atoms with E-state index in [4.69, 9.17) is 4.74 Å². The lowest BCUT2D eigenvalue weighted by Gasteiger charge is -2.30. The number of rotatable bonds is 5. The number of hydrogen-bond donors (Lipinski definition) is 1. The molecule has 21 heavy (non-hydrogen) atoms. The van der Waals surface area contributed by atoms with Crippen molar-refractivity contribution < 1.29 is 4.74 Å². The topological polar surface area (TPSA) is 37.4 Å². The largest absolute Gasteiger partial charge is 0.485 e. The zero-order chi connectivity index (χ0) is 14.5. The van der Waals surface area contributed by atoms with Gasteiger partial charge in [-0.1, -0.05) is 12.1 Å². The van der Waals surface area contributed by atoms with Gasteiger partial charge in [-0.25, -0.2) is 0 Å². The number of hydrogen-bond acceptors (Lipinski definition) is 4. The summed E-state index contributed by atoms with van der Waals surface area (Å²) in [6, 6.07) is 12.3. The lowest BCUT2D eigenvalue weighted by atomic mass is 10.2. The Kier molecular flexibility index (Phi) is 4.36. The first-order valence-corrected chi connectivity index (χ1v) is 7.38. The Bertz CT molecular complexity index is 573. The molecule has 110 valence electrons. The van der Waals surface area contributed by atoms with Crippen molar-refractivity contribution in [2.24, 2.45) is 0 Å². The number of nitrogens with one attached hydrogen (secondary N) is 1. The summed E-state index contributed by atoms with van der Waals surface area (Å²) in [5.74, 6) is 0.955. The number of anilines is 1. The van der Waals surface area contributed by atoms with Crippen LogP contribution in [0, 0.1) is 0 Å². The van der Waals surface area contributed by atoms with E-state index in [9.17, 15) is 0 Å². The molecule has 1 aliphatic heterocycles. The number of fused-ring (bicyclic) bond motifs is 1. The summed E-state index contributed by atoms with van der Waals surface area (Å²) in [7, 11) is 2.14. The molecule has 2 aromatic rings. The summed E-state index contributed by atoms with van der Waals surface area (Å²) in [6.45, 7) is 2.80. The van der Waals surface area contributed by atoms with Gasteiger partial charge in [-0.15, -0.1) is 0 Å². The second kappa shape index (κ2) is 6.59. The Hall–Kier alpha value is -2.07. The zero-order valence-corrected chi connectivity index (χ0v) is 12.3. The van der Waals surface area contributed by atoms with E-state index in [1.807, 2.05) is 30.6 Å². The number of nitrogens with zero attached hydrogens (tertiary/aromatic N) is 2. The van der Waals surface area contributed by atoms with Crippen LogP contribution in [-0.2, 0) is 6.42 Å². The molecule has 0 fully saturated rings. The normalized spacial score (nSPS) is 17.0. The number of para-hydroxylation sites is 2. The standard InChI is InChI=1S/C17H21N3O/c1-20(11-8-14-6-9-18-10-7-14)13-15-12-19-16-4-2-3-5-17(16)21-15/h2-7,9-10,15,19H,8,11-13H2,1H3. The highest BCUT2D eigenvalue weighted by atomic mass is 16.5. The minimum atomic E-state index is 0.197. The average Bonchev–Trinajstić information content (AvgIpc) is 2.54. The minimum Gasteiger partial charge on any atom is -0.485 e. The quantitative estimate of drug-likeness (QED) is 0.914. The van der Waals surface area contributed by atoms with Crippen LogP contribution in [0.4, 0.5) is 5.69 Å². The second-order valence-corrected chi connectivity index (χ2v) is 5.48. The molecule has 1 atom stereocenters. The fourth-order valence-corrected chi connectivity index (χ4v) is 2.57. The van der Waals surface area contributed by atoms with Gasteiger partial charge in [-0.2, -0.15) is 0 Å². The Labute approximate surface area is 125 Å². The molecule has 0 saturated carbocycles. The van der Waals surface area contributed by atoms with E-state index in [1.54, 1.807) is 0 Å². The van der Waals surface area contributed by atoms with Gasteiger partial charge < -0.3 is 15.0 Å². The monoisotopic (exact) mass is 283 g/mol. The third-order valence-electron chi connectivity index (χ3n) is 3.75. The lowest BCUT2D eigenvalue weighted by Crippen LogP contribution is -2.40. The Morgan fingerprint density at radius 1 is 1.24 bits per heavy atom. The van der Waals surface area contributed by atoms with E-state index < -0.39 is 0 Å². The number of pyridine rings is 1. The summed E-state index contributed by atoms with van der Waals surface area (Å²) in [6.07, 6.45) is 4.93. The van der Waals surface area contributed by atoms with Crippen molar-refractivity contribution in [1.29, 1.82) is 0 Å². The van der Waals surface area contributed by atoms with Gasteiger partial charge in [-0.05, 0) is 43.3 Å². The van der Waals surface area contributed by atoms with Crippen LogP contribution in [0.25, 0.3) is 0 Å². The van der Waals surface area contributed by atoms with Crippen LogP contribution in [0.5, 0.6) is 5.75 Å². The van der Waals surface area contributed by atoms with Gasteiger partial charge in [0.05, 0.1) is 12.2 Å². The van der Waals surface area contributed by atoms with Crippen LogP contribution in [0.3, 0.4) is 0 Å². The fourth-order valence-electron chi connectivity index (χ4n) is 2.57. The summed E-state index contributed by atoms with van der Waals surface area (Å²) in [5.41, 5.74) is 2.41. The van der Waals surface area contributed by atoms with Gasteiger partial charge in [0.25, 0.3) is 0 Å². The van der Waals surface area contributed by atoms with E-state index in [1.165, 1.54) is 5.56 Å². The lowest BCUT2D eigenvalue weighted by molar-refractivity contribution is 0.152. The highest BCUT2D eigenvalue weighted by molar-refractivity contribution is 5.57. The highest BCUT2D eigenvalue weighted by Crippen LogP contribution is 2.28. The maximum atomic E-state index is 6.04. The molecular weight excluding hydrogens is 262 g/mol. The Balaban J connectivity index is 1.49. The molecule has 1 aromatic heterocycles. The van der Waals surface area contributed by atoms with Crippen molar-refractivity contribution in [3.8, 4) is 5.75 Å². The number of ether oxygens (including phenoxy) is 1. The predicted molar refractivity (Wildman–Crippen MR) is 84.8 cm³/mol. The molecule has 4 heteroatoms. The highest BCUT2D eigenvalue weighted by Gasteiger charge is 2.19. The van der Waals surface area contributed by atoms with Crippen LogP contribution in [0.1, 0.15) is 5.56 Å². The molecule has 0 amide bonds. The van der Waals surface area contributed by atoms with E-state index >= 15 is 0 Å². The summed E-state index contributed by atoms with van der Waals surface area (Å²) in [4.78, 5) is 6.37. The predicted octanol–water partition coefficient (Wildman–Crippen LogP) is 2.43. The van der Waals surface area contributed by atoms with Crippen molar-refractivity contribution in [3.05, 3.63) is 54.4 Å². The molecule has 0 aliphatic carbocycles. The van der Waals surface area contributed by atoms with Crippen molar-refractivity contribution >= 4 is 5.69 Å². The third-order valence-corrected chi connectivity index (χ3v) is 3.75. The van der Waals surface area contributed by atoms with Crippen LogP contribution >= 0.6 is 0 Å². The van der Waals surface area contributed by atoms with Crippen LogP contribution in [0.15, 0.2) is 48.8 Å². The first-order chi connectivity index (χ1) is 10.3. The molecule has 0 radical (unpaired) electrons. The number of likely N-dealkylation sites (N-methyl/N-ethyl adjacent to an activating group) is 1. The Morgan fingerprint density at radius 3 is 2.90 bits per heavy atom. The van der Waals surface area contributed by atoms with Gasteiger partial charge in [0.2, 0.25) is 0 Å². The molecule has 1 unspecified atom stereocenters. The molecule has 0 bridgehead atoms. The average molecular weight is 283 g/mol. The van der Waals surface area contributed by atoms with Gasteiger partial charge in [0, 0.05) is 25.5 Å². The zero-order valence-electron chi connectivity index (χ0n) is 12.3. The summed E-state index contributed by atoms with van der Waals surface area (Å²) < 4.78 is 6.04. The van der Waals surface area contributed by atoms with Crippen molar-refractivity contribution in [2.75, 3.05) is 32.0 Å². The molecule has 4 nitrogen and oxygen atoms in total. The fraction of sp³-hybridized carbons (Fsp3) is 0.353. The van der Waals surface area contributed by atoms with Crippen molar-refractivity contribution in [1.82, 2.24) is 9.88 Å². The minimum absolute atomic E-state index is 0.197. The first-order valence-electron chi connectivity index (χ1n) is 7.38. The van der Waals surface area contributed by atoms with Gasteiger partial charge in [0.15, 0.2) is 0 Å². The molecule has 1 aliphatic rings. The SMILES string of the molecule is CN(CCc1ccncc1)CC1CNc2ccccc2O1. The summed E-state index contributed by atoms with van der Waals surface area (Å²) in [5, 5.41) is 3.43. The van der Waals surface area contributed by atoms with E-state index in [2.05, 4.69) is 40.4 Å². The van der Waals surface area contributed by atoms with Gasteiger partial charge >= 0.3 is 0 Å². The molecule has 0 spiro atoms. The molecule has 1 aromatic carbocycles. The smallest absolute Gasteiger partial charge is 0.142 e. The van der Waals surface area contributed by atoms with Crippen molar-refractivity contribution in [2.45, 2.75) is 12.5 Å².